The Morgan fingerprint density at radius 1 is 1.24 bits per heavy atom. The molecule has 1 aromatic carbocycles. The first-order chi connectivity index (χ1) is 13.6. The summed E-state index contributed by atoms with van der Waals surface area (Å²) in [5.41, 5.74) is 1.14. The number of nitrogens with zero attached hydrogens (tertiary/aromatic N) is 2. The van der Waals surface area contributed by atoms with Gasteiger partial charge in [-0.2, -0.15) is 0 Å². The lowest BCUT2D eigenvalue weighted by Gasteiger charge is -2.31. The van der Waals surface area contributed by atoms with E-state index in [0.717, 1.165) is 14.6 Å². The average Bonchev–Trinajstić information content (AvgIpc) is 2.67. The standard InChI is InChI=1S/C21H24BrN3O4/c1-11(2)10-29-20(27)15-12(3)23-18-17(19(26)25(5)21(28)24(18)4)16(15)13-7-6-8-14(22)9-13/h6-9,11,16,23H,10H2,1-5H3. The third-order valence-corrected chi connectivity index (χ3v) is 5.43. The lowest BCUT2D eigenvalue weighted by molar-refractivity contribution is -0.140. The summed E-state index contributed by atoms with van der Waals surface area (Å²) >= 11 is 3.46. The highest BCUT2D eigenvalue weighted by atomic mass is 79.9. The number of rotatable bonds is 4. The predicted octanol–water partition coefficient (Wildman–Crippen LogP) is 2.88. The summed E-state index contributed by atoms with van der Waals surface area (Å²) in [6, 6.07) is 7.45. The molecule has 1 aromatic heterocycles. The molecule has 1 aliphatic rings. The highest BCUT2D eigenvalue weighted by Gasteiger charge is 2.37. The summed E-state index contributed by atoms with van der Waals surface area (Å²) < 4.78 is 8.78. The number of nitrogens with one attached hydrogen (secondary N) is 1. The van der Waals surface area contributed by atoms with Gasteiger partial charge < -0.3 is 10.1 Å². The number of aromatic nitrogens is 2. The van der Waals surface area contributed by atoms with E-state index in [1.54, 1.807) is 14.0 Å². The number of benzene rings is 1. The van der Waals surface area contributed by atoms with Gasteiger partial charge in [0.25, 0.3) is 5.56 Å². The molecule has 0 radical (unpaired) electrons. The van der Waals surface area contributed by atoms with Crippen LogP contribution in [0.1, 0.15) is 37.8 Å². The van der Waals surface area contributed by atoms with Gasteiger partial charge in [-0.05, 0) is 30.5 Å². The maximum atomic E-state index is 13.1. The molecule has 154 valence electrons. The number of allylic oxidation sites excluding steroid dienone is 1. The summed E-state index contributed by atoms with van der Waals surface area (Å²) in [6.07, 6.45) is 0. The van der Waals surface area contributed by atoms with Crippen LogP contribution in [-0.2, 0) is 23.6 Å². The highest BCUT2D eigenvalue weighted by Crippen LogP contribution is 2.40. The lowest BCUT2D eigenvalue weighted by Crippen LogP contribution is -2.43. The van der Waals surface area contributed by atoms with Crippen LogP contribution in [-0.4, -0.2) is 21.7 Å². The third-order valence-electron chi connectivity index (χ3n) is 4.94. The molecule has 0 fully saturated rings. The van der Waals surface area contributed by atoms with Crippen molar-refractivity contribution in [3.63, 3.8) is 0 Å². The molecule has 3 rings (SSSR count). The average molecular weight is 462 g/mol. The Kier molecular flexibility index (Phi) is 5.84. The third kappa shape index (κ3) is 3.81. The van der Waals surface area contributed by atoms with Crippen molar-refractivity contribution in [2.45, 2.75) is 26.7 Å². The van der Waals surface area contributed by atoms with Crippen LogP contribution in [0.5, 0.6) is 0 Å². The largest absolute Gasteiger partial charge is 0.462 e. The van der Waals surface area contributed by atoms with Crippen molar-refractivity contribution in [2.24, 2.45) is 20.0 Å². The van der Waals surface area contributed by atoms with Gasteiger partial charge in [0.05, 0.1) is 23.7 Å². The van der Waals surface area contributed by atoms with E-state index in [2.05, 4.69) is 21.2 Å². The minimum absolute atomic E-state index is 0.182. The van der Waals surface area contributed by atoms with Gasteiger partial charge in [0.1, 0.15) is 5.82 Å². The molecule has 2 aromatic rings. The minimum atomic E-state index is -0.658. The van der Waals surface area contributed by atoms with E-state index in [9.17, 15) is 14.4 Å². The number of carbonyl (C=O) groups is 1. The van der Waals surface area contributed by atoms with Crippen molar-refractivity contribution >= 4 is 27.7 Å². The van der Waals surface area contributed by atoms with Crippen LogP contribution in [0.15, 0.2) is 49.6 Å². The first kappa shape index (κ1) is 21.1. The number of ether oxygens (including phenoxy) is 1. The normalized spacial score (nSPS) is 15.9. The smallest absolute Gasteiger partial charge is 0.336 e. The maximum absolute atomic E-state index is 13.1. The molecule has 7 nitrogen and oxygen atoms in total. The number of carbonyl (C=O) groups excluding carboxylic acids is 1. The van der Waals surface area contributed by atoms with E-state index in [4.69, 9.17) is 4.74 Å². The van der Waals surface area contributed by atoms with Gasteiger partial charge in [-0.3, -0.25) is 13.9 Å². The molecule has 0 bridgehead atoms. The van der Waals surface area contributed by atoms with E-state index in [0.29, 0.717) is 22.7 Å². The summed E-state index contributed by atoms with van der Waals surface area (Å²) in [5, 5.41) is 3.09. The second-order valence-corrected chi connectivity index (χ2v) is 8.53. The van der Waals surface area contributed by atoms with Crippen LogP contribution in [0.25, 0.3) is 0 Å². The molecule has 1 N–H and O–H groups in total. The first-order valence-corrected chi connectivity index (χ1v) is 10.1. The molecule has 1 atom stereocenters. The SMILES string of the molecule is CC1=C(C(=O)OCC(C)C)C(c2cccc(Br)c2)c2c(n(C)c(=O)n(C)c2=O)N1. The van der Waals surface area contributed by atoms with E-state index < -0.39 is 23.1 Å². The topological polar surface area (TPSA) is 82.3 Å². The van der Waals surface area contributed by atoms with Crippen molar-refractivity contribution in [2.75, 3.05) is 11.9 Å². The van der Waals surface area contributed by atoms with Gasteiger partial charge in [0.2, 0.25) is 0 Å². The molecular formula is C21H24BrN3O4. The fourth-order valence-electron chi connectivity index (χ4n) is 3.50. The fourth-order valence-corrected chi connectivity index (χ4v) is 3.91. The van der Waals surface area contributed by atoms with Gasteiger partial charge in [-0.1, -0.05) is 41.9 Å². The van der Waals surface area contributed by atoms with Crippen LogP contribution in [0.4, 0.5) is 5.82 Å². The fraction of sp³-hybridized carbons (Fsp3) is 0.381. The summed E-state index contributed by atoms with van der Waals surface area (Å²) in [5.74, 6) is -0.563. The van der Waals surface area contributed by atoms with Crippen molar-refractivity contribution in [3.05, 3.63) is 72.0 Å². The van der Waals surface area contributed by atoms with Gasteiger partial charge in [0, 0.05) is 24.3 Å². The Morgan fingerprint density at radius 2 is 1.93 bits per heavy atom. The molecule has 0 amide bonds. The van der Waals surface area contributed by atoms with Gasteiger partial charge >= 0.3 is 11.7 Å². The molecule has 2 heterocycles. The zero-order chi connectivity index (χ0) is 21.5. The number of halogens is 1. The Balaban J connectivity index is 2.30. The summed E-state index contributed by atoms with van der Waals surface area (Å²) in [6.45, 7) is 5.95. The van der Waals surface area contributed by atoms with Crippen LogP contribution < -0.4 is 16.6 Å². The molecule has 0 saturated heterocycles. The van der Waals surface area contributed by atoms with Crippen LogP contribution in [0, 0.1) is 5.92 Å². The molecule has 0 spiro atoms. The number of hydrogen-bond donors (Lipinski definition) is 1. The molecule has 29 heavy (non-hydrogen) atoms. The molecule has 8 heteroatoms. The van der Waals surface area contributed by atoms with Crippen molar-refractivity contribution in [1.82, 2.24) is 9.13 Å². The minimum Gasteiger partial charge on any atom is -0.462 e. The van der Waals surface area contributed by atoms with Crippen LogP contribution >= 0.6 is 15.9 Å². The number of esters is 1. The van der Waals surface area contributed by atoms with E-state index in [1.165, 1.54) is 11.6 Å². The predicted molar refractivity (Wildman–Crippen MR) is 115 cm³/mol. The monoisotopic (exact) mass is 461 g/mol. The van der Waals surface area contributed by atoms with Crippen LogP contribution in [0.3, 0.4) is 0 Å². The molecule has 0 saturated carbocycles. The quantitative estimate of drug-likeness (QED) is 0.707. The van der Waals surface area contributed by atoms with E-state index in [1.807, 2.05) is 38.1 Å². The second kappa shape index (κ2) is 8.02. The van der Waals surface area contributed by atoms with Crippen molar-refractivity contribution in [3.8, 4) is 0 Å². The first-order valence-electron chi connectivity index (χ1n) is 9.33. The molecule has 1 aliphatic heterocycles. The maximum Gasteiger partial charge on any atom is 0.336 e. The number of anilines is 1. The van der Waals surface area contributed by atoms with E-state index >= 15 is 0 Å². The Bertz CT molecular complexity index is 1130. The van der Waals surface area contributed by atoms with Gasteiger partial charge in [-0.25, -0.2) is 9.59 Å². The lowest BCUT2D eigenvalue weighted by atomic mass is 9.82. The molecule has 0 aliphatic carbocycles. The number of hydrogen-bond acceptors (Lipinski definition) is 5. The molecular weight excluding hydrogens is 438 g/mol. The summed E-state index contributed by atoms with van der Waals surface area (Å²) in [7, 11) is 3.03. The van der Waals surface area contributed by atoms with E-state index in [-0.39, 0.29) is 12.5 Å². The zero-order valence-corrected chi connectivity index (χ0v) is 18.7. The highest BCUT2D eigenvalue weighted by molar-refractivity contribution is 9.10. The zero-order valence-electron chi connectivity index (χ0n) is 17.1. The Labute approximate surface area is 177 Å². The number of fused-ring (bicyclic) bond motifs is 1. The Hall–Kier alpha value is -2.61. The van der Waals surface area contributed by atoms with Crippen molar-refractivity contribution in [1.29, 1.82) is 0 Å². The van der Waals surface area contributed by atoms with Crippen LogP contribution in [0.2, 0.25) is 0 Å². The Morgan fingerprint density at radius 3 is 2.55 bits per heavy atom. The van der Waals surface area contributed by atoms with Gasteiger partial charge in [-0.15, -0.1) is 0 Å². The molecule has 1 unspecified atom stereocenters. The van der Waals surface area contributed by atoms with Crippen molar-refractivity contribution < 1.29 is 9.53 Å². The second-order valence-electron chi connectivity index (χ2n) is 7.61. The van der Waals surface area contributed by atoms with Gasteiger partial charge in [0.15, 0.2) is 0 Å². The summed E-state index contributed by atoms with van der Waals surface area (Å²) in [4.78, 5) is 38.6.